The summed E-state index contributed by atoms with van der Waals surface area (Å²) in [6.45, 7) is 5.80. The molecule has 3 N–H and O–H groups in total. The number of carboxylic acids is 1. The second-order valence-corrected chi connectivity index (χ2v) is 5.81. The summed E-state index contributed by atoms with van der Waals surface area (Å²) in [4.78, 5) is 25.0. The van der Waals surface area contributed by atoms with Gasteiger partial charge in [0.15, 0.2) is 0 Å². The van der Waals surface area contributed by atoms with E-state index in [4.69, 9.17) is 5.11 Å². The Kier molecular flexibility index (Phi) is 6.78. The Morgan fingerprint density at radius 2 is 2.05 bits per heavy atom. The van der Waals surface area contributed by atoms with Crippen molar-refractivity contribution in [1.29, 1.82) is 0 Å². The SMILES string of the molecule is CC(C)N(C)CCCNC(=O)NC1CCCC1C(=O)O. The summed E-state index contributed by atoms with van der Waals surface area (Å²) >= 11 is 0. The van der Waals surface area contributed by atoms with Crippen LogP contribution < -0.4 is 10.6 Å². The number of nitrogens with zero attached hydrogens (tertiary/aromatic N) is 1. The number of rotatable bonds is 7. The number of hydrogen-bond acceptors (Lipinski definition) is 3. The number of carbonyl (C=O) groups excluding carboxylic acids is 1. The van der Waals surface area contributed by atoms with Crippen molar-refractivity contribution in [2.45, 2.75) is 51.6 Å². The molecule has 20 heavy (non-hydrogen) atoms. The molecule has 1 aliphatic rings. The molecule has 0 aromatic rings. The van der Waals surface area contributed by atoms with Gasteiger partial charge in [0.2, 0.25) is 0 Å². The average Bonchev–Trinajstić information content (AvgIpc) is 2.82. The highest BCUT2D eigenvalue weighted by Crippen LogP contribution is 2.25. The second kappa shape index (κ2) is 8.09. The fourth-order valence-corrected chi connectivity index (χ4v) is 2.44. The average molecular weight is 285 g/mol. The van der Waals surface area contributed by atoms with E-state index in [0.717, 1.165) is 25.8 Å². The molecule has 1 rings (SSSR count). The van der Waals surface area contributed by atoms with E-state index in [9.17, 15) is 9.59 Å². The number of carboxylic acid groups (broad SMARTS) is 1. The molecule has 0 heterocycles. The first-order chi connectivity index (χ1) is 9.41. The van der Waals surface area contributed by atoms with Gasteiger partial charge in [-0.25, -0.2) is 4.79 Å². The van der Waals surface area contributed by atoms with Crippen LogP contribution in [0, 0.1) is 5.92 Å². The minimum atomic E-state index is -0.814. The van der Waals surface area contributed by atoms with Gasteiger partial charge >= 0.3 is 12.0 Å². The van der Waals surface area contributed by atoms with Crippen LogP contribution >= 0.6 is 0 Å². The van der Waals surface area contributed by atoms with Crippen LogP contribution in [0.4, 0.5) is 4.79 Å². The fourth-order valence-electron chi connectivity index (χ4n) is 2.44. The summed E-state index contributed by atoms with van der Waals surface area (Å²) in [7, 11) is 2.06. The monoisotopic (exact) mass is 285 g/mol. The normalized spacial score (nSPS) is 22.2. The van der Waals surface area contributed by atoms with E-state index in [1.807, 2.05) is 0 Å². The Morgan fingerprint density at radius 3 is 2.65 bits per heavy atom. The van der Waals surface area contributed by atoms with E-state index in [0.29, 0.717) is 19.0 Å². The maximum absolute atomic E-state index is 11.7. The lowest BCUT2D eigenvalue weighted by Crippen LogP contribution is -2.45. The highest BCUT2D eigenvalue weighted by atomic mass is 16.4. The molecular formula is C14H27N3O3. The van der Waals surface area contributed by atoms with Crippen LogP contribution in [0.1, 0.15) is 39.5 Å². The third-order valence-electron chi connectivity index (χ3n) is 4.00. The van der Waals surface area contributed by atoms with Gasteiger partial charge in [-0.15, -0.1) is 0 Å². The molecule has 6 nitrogen and oxygen atoms in total. The predicted octanol–water partition coefficient (Wildman–Crippen LogP) is 1.27. The molecule has 0 aromatic carbocycles. The smallest absolute Gasteiger partial charge is 0.315 e. The Labute approximate surface area is 120 Å². The van der Waals surface area contributed by atoms with Gasteiger partial charge in [-0.1, -0.05) is 6.42 Å². The summed E-state index contributed by atoms with van der Waals surface area (Å²) in [5.74, 6) is -1.25. The number of carbonyl (C=O) groups is 2. The summed E-state index contributed by atoms with van der Waals surface area (Å²) in [6, 6.07) is 0.0137. The largest absolute Gasteiger partial charge is 0.481 e. The molecule has 2 unspecified atom stereocenters. The lowest BCUT2D eigenvalue weighted by Gasteiger charge is -2.21. The number of hydrogen-bond donors (Lipinski definition) is 3. The van der Waals surface area contributed by atoms with E-state index in [1.54, 1.807) is 0 Å². The van der Waals surface area contributed by atoms with Crippen molar-refractivity contribution in [3.8, 4) is 0 Å². The van der Waals surface area contributed by atoms with Crippen molar-refractivity contribution < 1.29 is 14.7 Å². The second-order valence-electron chi connectivity index (χ2n) is 5.81. The predicted molar refractivity (Wildman–Crippen MR) is 77.7 cm³/mol. The van der Waals surface area contributed by atoms with Crippen LogP contribution in [0.2, 0.25) is 0 Å². The quantitative estimate of drug-likeness (QED) is 0.615. The van der Waals surface area contributed by atoms with Crippen LogP contribution in [0.5, 0.6) is 0 Å². The fraction of sp³-hybridized carbons (Fsp3) is 0.857. The molecule has 1 aliphatic carbocycles. The van der Waals surface area contributed by atoms with Crippen molar-refractivity contribution in [3.63, 3.8) is 0 Å². The lowest BCUT2D eigenvalue weighted by molar-refractivity contribution is -0.142. The van der Waals surface area contributed by atoms with Gasteiger partial charge in [0.05, 0.1) is 5.92 Å². The minimum Gasteiger partial charge on any atom is -0.481 e. The van der Waals surface area contributed by atoms with E-state index in [-0.39, 0.29) is 12.1 Å². The van der Waals surface area contributed by atoms with Crippen LogP contribution in [-0.4, -0.2) is 54.2 Å². The van der Waals surface area contributed by atoms with Gasteiger partial charge in [0, 0.05) is 18.6 Å². The molecule has 0 bridgehead atoms. The van der Waals surface area contributed by atoms with Crippen LogP contribution in [0.15, 0.2) is 0 Å². The first-order valence-electron chi connectivity index (χ1n) is 7.39. The topological polar surface area (TPSA) is 81.7 Å². The van der Waals surface area contributed by atoms with E-state index >= 15 is 0 Å². The molecule has 0 radical (unpaired) electrons. The molecule has 0 aromatic heterocycles. The van der Waals surface area contributed by atoms with Crippen LogP contribution in [-0.2, 0) is 4.79 Å². The first kappa shape index (κ1) is 16.8. The van der Waals surface area contributed by atoms with Crippen molar-refractivity contribution in [3.05, 3.63) is 0 Å². The molecule has 0 saturated heterocycles. The van der Waals surface area contributed by atoms with Gasteiger partial charge in [0.25, 0.3) is 0 Å². The zero-order valence-corrected chi connectivity index (χ0v) is 12.7. The summed E-state index contributed by atoms with van der Waals surface area (Å²) in [5.41, 5.74) is 0. The maximum Gasteiger partial charge on any atom is 0.315 e. The van der Waals surface area contributed by atoms with E-state index in [1.165, 1.54) is 0 Å². The third kappa shape index (κ3) is 5.36. The van der Waals surface area contributed by atoms with Crippen LogP contribution in [0.25, 0.3) is 0 Å². The Bertz CT molecular complexity index is 334. The molecule has 1 saturated carbocycles. The highest BCUT2D eigenvalue weighted by Gasteiger charge is 2.33. The molecule has 6 heteroatoms. The number of urea groups is 1. The lowest BCUT2D eigenvalue weighted by atomic mass is 10.0. The maximum atomic E-state index is 11.7. The Morgan fingerprint density at radius 1 is 1.35 bits per heavy atom. The summed E-state index contributed by atoms with van der Waals surface area (Å²) in [5, 5.41) is 14.6. The van der Waals surface area contributed by atoms with Gasteiger partial charge in [-0.3, -0.25) is 4.79 Å². The molecule has 1 fully saturated rings. The van der Waals surface area contributed by atoms with Crippen molar-refractivity contribution >= 4 is 12.0 Å². The van der Waals surface area contributed by atoms with Gasteiger partial charge in [-0.05, 0) is 46.7 Å². The van der Waals surface area contributed by atoms with Crippen molar-refractivity contribution in [1.82, 2.24) is 15.5 Å². The molecule has 0 spiro atoms. The summed E-state index contributed by atoms with van der Waals surface area (Å²) < 4.78 is 0. The van der Waals surface area contributed by atoms with Gasteiger partial charge in [-0.2, -0.15) is 0 Å². The van der Waals surface area contributed by atoms with E-state index in [2.05, 4.69) is 36.4 Å². The van der Waals surface area contributed by atoms with Crippen molar-refractivity contribution in [2.75, 3.05) is 20.1 Å². The first-order valence-corrected chi connectivity index (χ1v) is 7.39. The molecule has 116 valence electrons. The number of amides is 2. The van der Waals surface area contributed by atoms with Crippen LogP contribution in [0.3, 0.4) is 0 Å². The molecule has 2 atom stereocenters. The van der Waals surface area contributed by atoms with E-state index < -0.39 is 11.9 Å². The Hall–Kier alpha value is -1.30. The van der Waals surface area contributed by atoms with Crippen molar-refractivity contribution in [2.24, 2.45) is 5.92 Å². The zero-order chi connectivity index (χ0) is 15.1. The summed E-state index contributed by atoms with van der Waals surface area (Å²) in [6.07, 6.45) is 3.15. The minimum absolute atomic E-state index is 0.231. The third-order valence-corrected chi connectivity index (χ3v) is 4.00. The Balaban J connectivity index is 2.19. The molecule has 2 amide bonds. The highest BCUT2D eigenvalue weighted by molar-refractivity contribution is 5.76. The van der Waals surface area contributed by atoms with Gasteiger partial charge < -0.3 is 20.6 Å². The number of aliphatic carboxylic acids is 1. The molecular weight excluding hydrogens is 258 g/mol. The zero-order valence-electron chi connectivity index (χ0n) is 12.7. The number of nitrogens with one attached hydrogen (secondary N) is 2. The van der Waals surface area contributed by atoms with Gasteiger partial charge in [0.1, 0.15) is 0 Å². The standard InChI is InChI=1S/C14H27N3O3/c1-10(2)17(3)9-5-8-15-14(20)16-12-7-4-6-11(12)13(18)19/h10-12H,4-9H2,1-3H3,(H,18,19)(H2,15,16,20). The molecule has 0 aliphatic heterocycles.